The maximum Gasteiger partial charge on any atom is 0.325 e. The molecule has 1 saturated heterocycles. The number of hydrogen-bond acceptors (Lipinski definition) is 4. The molecule has 0 radical (unpaired) electrons. The van der Waals surface area contributed by atoms with E-state index < -0.39 is 12.0 Å². The summed E-state index contributed by atoms with van der Waals surface area (Å²) in [6.07, 6.45) is 4.77. The van der Waals surface area contributed by atoms with E-state index in [1.807, 2.05) is 21.6 Å². The zero-order valence-electron chi connectivity index (χ0n) is 9.98. The van der Waals surface area contributed by atoms with E-state index in [9.17, 15) is 9.59 Å². The van der Waals surface area contributed by atoms with Crippen molar-refractivity contribution in [2.75, 3.05) is 5.75 Å². The summed E-state index contributed by atoms with van der Waals surface area (Å²) in [6, 6.07) is -0.788. The summed E-state index contributed by atoms with van der Waals surface area (Å²) < 4.78 is 0. The zero-order valence-corrected chi connectivity index (χ0v) is 11.6. The van der Waals surface area contributed by atoms with Gasteiger partial charge < -0.3 is 10.4 Å². The number of unbranched alkanes of at least 4 members (excludes halogenated alkanes) is 1. The maximum absolute atomic E-state index is 11.4. The Morgan fingerprint density at radius 1 is 1.47 bits per heavy atom. The van der Waals surface area contributed by atoms with Gasteiger partial charge >= 0.3 is 5.97 Å². The monoisotopic (exact) mass is 277 g/mol. The Morgan fingerprint density at radius 3 is 2.82 bits per heavy atom. The largest absolute Gasteiger partial charge is 0.480 e. The van der Waals surface area contributed by atoms with Crippen molar-refractivity contribution < 1.29 is 14.7 Å². The van der Waals surface area contributed by atoms with Gasteiger partial charge in [0.2, 0.25) is 5.91 Å². The highest BCUT2D eigenvalue weighted by molar-refractivity contribution is 8.77. The molecule has 17 heavy (non-hydrogen) atoms. The number of aliphatic carboxylic acids is 1. The first-order chi connectivity index (χ1) is 8.09. The van der Waals surface area contributed by atoms with E-state index in [1.54, 1.807) is 0 Å². The molecule has 98 valence electrons. The van der Waals surface area contributed by atoms with Crippen molar-refractivity contribution in [3.63, 3.8) is 0 Å². The van der Waals surface area contributed by atoms with Crippen LogP contribution < -0.4 is 5.32 Å². The fourth-order valence-corrected chi connectivity index (χ4v) is 4.63. The minimum atomic E-state index is -0.988. The Labute approximate surface area is 110 Å². The third kappa shape index (κ3) is 6.21. The number of carbonyl (C=O) groups is 2. The van der Waals surface area contributed by atoms with Gasteiger partial charge in [0, 0.05) is 17.4 Å². The maximum atomic E-state index is 11.4. The predicted molar refractivity (Wildman–Crippen MR) is 72.2 cm³/mol. The summed E-state index contributed by atoms with van der Waals surface area (Å²) in [5, 5.41) is 11.8. The Bertz CT molecular complexity index is 267. The lowest BCUT2D eigenvalue weighted by atomic mass is 10.1. The van der Waals surface area contributed by atoms with E-state index in [0.29, 0.717) is 6.42 Å². The molecule has 4 nitrogen and oxygen atoms in total. The van der Waals surface area contributed by atoms with Gasteiger partial charge in [-0.3, -0.25) is 9.59 Å². The Hall–Kier alpha value is -0.360. The zero-order chi connectivity index (χ0) is 12.7. The van der Waals surface area contributed by atoms with Crippen LogP contribution in [0, 0.1) is 0 Å². The third-order valence-electron chi connectivity index (χ3n) is 2.66. The second-order valence-corrected chi connectivity index (χ2v) is 6.99. The van der Waals surface area contributed by atoms with Crippen LogP contribution in [0.2, 0.25) is 0 Å². The van der Waals surface area contributed by atoms with Crippen LogP contribution in [0.4, 0.5) is 0 Å². The molecule has 1 aliphatic heterocycles. The average molecular weight is 277 g/mol. The van der Waals surface area contributed by atoms with E-state index in [0.717, 1.165) is 18.1 Å². The molecule has 0 aromatic heterocycles. The van der Waals surface area contributed by atoms with Crippen molar-refractivity contribution in [1.29, 1.82) is 0 Å². The van der Waals surface area contributed by atoms with Gasteiger partial charge in [0.25, 0.3) is 0 Å². The molecule has 2 N–H and O–H groups in total. The lowest BCUT2D eigenvalue weighted by Gasteiger charge is -2.09. The minimum absolute atomic E-state index is 0.159. The highest BCUT2D eigenvalue weighted by Crippen LogP contribution is 2.39. The molecule has 0 spiro atoms. The van der Waals surface area contributed by atoms with Crippen molar-refractivity contribution in [3.05, 3.63) is 0 Å². The molecule has 1 unspecified atom stereocenters. The van der Waals surface area contributed by atoms with Gasteiger partial charge in [-0.05, 0) is 26.2 Å². The second-order valence-electron chi connectivity index (χ2n) is 4.20. The van der Waals surface area contributed by atoms with Crippen molar-refractivity contribution in [1.82, 2.24) is 5.32 Å². The van der Waals surface area contributed by atoms with Crippen molar-refractivity contribution in [2.24, 2.45) is 0 Å². The summed E-state index contributed by atoms with van der Waals surface area (Å²) in [6.45, 7) is 1.48. The van der Waals surface area contributed by atoms with E-state index in [-0.39, 0.29) is 5.91 Å². The quantitative estimate of drug-likeness (QED) is 0.552. The number of carbonyl (C=O) groups excluding carboxylic acids is 1. The Morgan fingerprint density at radius 2 is 2.24 bits per heavy atom. The molecule has 1 rings (SSSR count). The first-order valence-electron chi connectivity index (χ1n) is 5.90. The lowest BCUT2D eigenvalue weighted by molar-refractivity contribution is -0.141. The van der Waals surface area contributed by atoms with Crippen LogP contribution in [0.5, 0.6) is 0 Å². The first kappa shape index (κ1) is 14.7. The van der Waals surface area contributed by atoms with Crippen LogP contribution in [0.1, 0.15) is 39.0 Å². The topological polar surface area (TPSA) is 66.4 Å². The highest BCUT2D eigenvalue weighted by atomic mass is 33.1. The Kier molecular flexibility index (Phi) is 6.80. The molecule has 1 aliphatic rings. The molecule has 1 heterocycles. The van der Waals surface area contributed by atoms with Crippen LogP contribution in [-0.2, 0) is 9.59 Å². The molecule has 1 fully saturated rings. The summed E-state index contributed by atoms with van der Waals surface area (Å²) in [4.78, 5) is 21.9. The Balaban J connectivity index is 2.01. The number of carboxylic acids is 1. The molecule has 1 amide bonds. The summed E-state index contributed by atoms with van der Waals surface area (Å²) in [5.74, 6) is 0.0949. The van der Waals surface area contributed by atoms with Gasteiger partial charge in [-0.1, -0.05) is 28.0 Å². The van der Waals surface area contributed by atoms with Gasteiger partial charge in [-0.15, -0.1) is 0 Å². The molecule has 6 heteroatoms. The molecular weight excluding hydrogens is 258 g/mol. The lowest BCUT2D eigenvalue weighted by Crippen LogP contribution is -2.38. The summed E-state index contributed by atoms with van der Waals surface area (Å²) in [5.41, 5.74) is 0. The van der Waals surface area contributed by atoms with Gasteiger partial charge in [0.05, 0.1) is 0 Å². The number of rotatable bonds is 7. The van der Waals surface area contributed by atoms with Crippen LogP contribution in [0.25, 0.3) is 0 Å². The van der Waals surface area contributed by atoms with Gasteiger partial charge in [0.15, 0.2) is 0 Å². The second kappa shape index (κ2) is 7.87. The molecule has 0 bridgehead atoms. The van der Waals surface area contributed by atoms with Crippen molar-refractivity contribution >= 4 is 33.5 Å². The normalized spacial score (nSPS) is 21.1. The van der Waals surface area contributed by atoms with Crippen LogP contribution in [0.15, 0.2) is 0 Å². The summed E-state index contributed by atoms with van der Waals surface area (Å²) in [7, 11) is 3.88. The molecule has 0 aromatic rings. The van der Waals surface area contributed by atoms with Crippen molar-refractivity contribution in [3.8, 4) is 0 Å². The van der Waals surface area contributed by atoms with E-state index in [1.165, 1.54) is 25.5 Å². The number of amides is 1. The fraction of sp³-hybridized carbons (Fsp3) is 0.818. The predicted octanol–water partition coefficient (Wildman–Crippen LogP) is 2.29. The highest BCUT2D eigenvalue weighted by Gasteiger charge is 2.16. The van der Waals surface area contributed by atoms with Gasteiger partial charge in [0.1, 0.15) is 6.04 Å². The van der Waals surface area contributed by atoms with Gasteiger partial charge in [-0.2, -0.15) is 0 Å². The van der Waals surface area contributed by atoms with Crippen molar-refractivity contribution in [2.45, 2.75) is 50.3 Å². The molecular formula is C11H19NO3S2. The number of hydrogen-bond donors (Lipinski definition) is 2. The molecule has 2 atom stereocenters. The number of carboxylic acid groups (broad SMARTS) is 1. The van der Waals surface area contributed by atoms with E-state index >= 15 is 0 Å². The van der Waals surface area contributed by atoms with Crippen LogP contribution >= 0.6 is 21.6 Å². The van der Waals surface area contributed by atoms with Crippen LogP contribution in [-0.4, -0.2) is 34.0 Å². The standard InChI is InChI=1S/C11H19NO3S2/c1-8(11(14)15)12-10(13)5-3-2-4-9-6-7-16-17-9/h8-9H,2-7H2,1H3,(H,12,13)(H,14,15)/t8?,9-/m0/s1. The average Bonchev–Trinajstić information content (AvgIpc) is 2.77. The number of nitrogens with one attached hydrogen (secondary N) is 1. The molecule has 0 aromatic carbocycles. The molecule has 0 aliphatic carbocycles. The fourth-order valence-electron chi connectivity index (χ4n) is 1.60. The third-order valence-corrected chi connectivity index (χ3v) is 5.66. The van der Waals surface area contributed by atoms with E-state index in [4.69, 9.17) is 5.11 Å². The van der Waals surface area contributed by atoms with Gasteiger partial charge in [-0.25, -0.2) is 0 Å². The van der Waals surface area contributed by atoms with E-state index in [2.05, 4.69) is 5.32 Å². The molecule has 0 saturated carbocycles. The summed E-state index contributed by atoms with van der Waals surface area (Å²) >= 11 is 0. The first-order valence-corrected chi connectivity index (χ1v) is 8.28. The minimum Gasteiger partial charge on any atom is -0.480 e. The smallest absolute Gasteiger partial charge is 0.325 e. The van der Waals surface area contributed by atoms with Crippen LogP contribution in [0.3, 0.4) is 0 Å². The SMILES string of the molecule is CC(NC(=O)CCCC[C@H]1CCSS1)C(=O)O.